The van der Waals surface area contributed by atoms with Crippen LogP contribution < -0.4 is 10.9 Å². The molecular weight excluding hydrogens is 352 g/mol. The highest BCUT2D eigenvalue weighted by Gasteiger charge is 2.17. The van der Waals surface area contributed by atoms with Gasteiger partial charge in [0.15, 0.2) is 5.52 Å². The van der Waals surface area contributed by atoms with Crippen molar-refractivity contribution in [2.75, 3.05) is 19.8 Å². The van der Waals surface area contributed by atoms with Crippen LogP contribution in [0.2, 0.25) is 0 Å². The molecule has 0 aliphatic rings. The van der Waals surface area contributed by atoms with Gasteiger partial charge in [-0.15, -0.1) is 11.3 Å². The highest BCUT2D eigenvalue weighted by molar-refractivity contribution is 7.19. The minimum absolute atomic E-state index is 0.155. The zero-order valence-electron chi connectivity index (χ0n) is 14.7. The van der Waals surface area contributed by atoms with E-state index in [0.717, 1.165) is 15.3 Å². The third-order valence-corrected chi connectivity index (χ3v) is 4.70. The molecule has 3 aromatic rings. The minimum atomic E-state index is -0.357. The Kier molecular flexibility index (Phi) is 5.75. The first-order valence-corrected chi connectivity index (χ1v) is 9.20. The number of amides is 1. The number of nitrogens with zero attached hydrogens (tertiary/aromatic N) is 3. The second-order valence-corrected chi connectivity index (χ2v) is 6.84. The summed E-state index contributed by atoms with van der Waals surface area (Å²) in [7, 11) is 0. The average Bonchev–Trinajstić information content (AvgIpc) is 3.04. The number of carbonyl (C=O) groups is 1. The lowest BCUT2D eigenvalue weighted by molar-refractivity contribution is -0.122. The molecule has 136 valence electrons. The van der Waals surface area contributed by atoms with Crippen LogP contribution in [0.15, 0.2) is 35.1 Å². The Bertz CT molecular complexity index is 966. The van der Waals surface area contributed by atoms with E-state index in [1.165, 1.54) is 16.0 Å². The smallest absolute Gasteiger partial charge is 0.294 e. The molecule has 8 heteroatoms. The summed E-state index contributed by atoms with van der Waals surface area (Å²) < 4.78 is 7.11. The fraction of sp³-hybridized carbons (Fsp3) is 0.333. The lowest BCUT2D eigenvalue weighted by atomic mass is 10.1. The topological polar surface area (TPSA) is 86.1 Å². The first-order chi connectivity index (χ1) is 12.6. The molecule has 3 rings (SSSR count). The second-order valence-electron chi connectivity index (χ2n) is 5.63. The Balaban J connectivity index is 1.94. The average molecular weight is 372 g/mol. The van der Waals surface area contributed by atoms with Crippen LogP contribution in [0.25, 0.3) is 21.5 Å². The number of carbonyl (C=O) groups excluding carboxylic acids is 1. The van der Waals surface area contributed by atoms with Gasteiger partial charge in [0, 0.05) is 18.7 Å². The molecule has 0 spiro atoms. The van der Waals surface area contributed by atoms with E-state index >= 15 is 0 Å². The fourth-order valence-corrected chi connectivity index (χ4v) is 3.47. The first-order valence-electron chi connectivity index (χ1n) is 8.38. The normalized spacial score (nSPS) is 11.0. The summed E-state index contributed by atoms with van der Waals surface area (Å²) in [5, 5.41) is 7.96. The van der Waals surface area contributed by atoms with E-state index in [4.69, 9.17) is 4.74 Å². The molecule has 0 unspecified atom stereocenters. The second kappa shape index (κ2) is 8.20. The van der Waals surface area contributed by atoms with Crippen molar-refractivity contribution in [1.29, 1.82) is 0 Å². The van der Waals surface area contributed by atoms with Crippen molar-refractivity contribution < 1.29 is 9.53 Å². The molecule has 0 bridgehead atoms. The van der Waals surface area contributed by atoms with Gasteiger partial charge in [-0.3, -0.25) is 9.59 Å². The van der Waals surface area contributed by atoms with Gasteiger partial charge in [0.2, 0.25) is 5.91 Å². The zero-order chi connectivity index (χ0) is 18.5. The first kappa shape index (κ1) is 18.2. The van der Waals surface area contributed by atoms with Gasteiger partial charge >= 0.3 is 0 Å². The third-order valence-electron chi connectivity index (χ3n) is 3.72. The lowest BCUT2D eigenvalue weighted by Gasteiger charge is -2.09. The predicted octanol–water partition coefficient (Wildman–Crippen LogP) is 1.98. The van der Waals surface area contributed by atoms with Gasteiger partial charge < -0.3 is 10.1 Å². The highest BCUT2D eigenvalue weighted by Crippen LogP contribution is 2.29. The molecule has 0 aliphatic carbocycles. The van der Waals surface area contributed by atoms with Crippen molar-refractivity contribution in [1.82, 2.24) is 20.1 Å². The van der Waals surface area contributed by atoms with Crippen LogP contribution in [-0.4, -0.2) is 40.4 Å². The van der Waals surface area contributed by atoms with Crippen LogP contribution in [0.4, 0.5) is 0 Å². The summed E-state index contributed by atoms with van der Waals surface area (Å²) in [4.78, 5) is 29.2. The number of aromatic nitrogens is 3. The van der Waals surface area contributed by atoms with E-state index in [9.17, 15) is 9.59 Å². The SMILES string of the molecule is CCOCCNC(=O)Cn1nc(-c2ccccc2)c2sc(C)nc2c1=O. The van der Waals surface area contributed by atoms with E-state index in [1.807, 2.05) is 44.2 Å². The standard InChI is InChI=1S/C18H20N4O3S/c1-3-25-10-9-19-14(23)11-22-18(24)16-17(26-12(2)20-16)15(21-22)13-7-5-4-6-8-13/h4-8H,3,9-11H2,1-2H3,(H,19,23). The molecule has 0 radical (unpaired) electrons. The molecule has 0 atom stereocenters. The predicted molar refractivity (Wildman–Crippen MR) is 101 cm³/mol. The quantitative estimate of drug-likeness (QED) is 0.641. The van der Waals surface area contributed by atoms with Crippen molar-refractivity contribution >= 4 is 27.5 Å². The third kappa shape index (κ3) is 3.97. The van der Waals surface area contributed by atoms with Gasteiger partial charge in [-0.1, -0.05) is 30.3 Å². The van der Waals surface area contributed by atoms with Crippen molar-refractivity contribution in [2.45, 2.75) is 20.4 Å². The summed E-state index contributed by atoms with van der Waals surface area (Å²) >= 11 is 1.43. The van der Waals surface area contributed by atoms with Crippen LogP contribution in [0.1, 0.15) is 11.9 Å². The summed E-state index contributed by atoms with van der Waals surface area (Å²) in [6.45, 7) is 5.01. The molecule has 1 amide bonds. The zero-order valence-corrected chi connectivity index (χ0v) is 15.5. The van der Waals surface area contributed by atoms with Gasteiger partial charge in [-0.25, -0.2) is 9.67 Å². The number of rotatable bonds is 7. The number of thiazole rings is 1. The molecule has 2 aromatic heterocycles. The molecule has 1 N–H and O–H groups in total. The van der Waals surface area contributed by atoms with Gasteiger partial charge in [0.25, 0.3) is 5.56 Å². The van der Waals surface area contributed by atoms with Gasteiger partial charge in [0.1, 0.15) is 12.2 Å². The Hall–Kier alpha value is -2.58. The van der Waals surface area contributed by atoms with Crippen LogP contribution in [0, 0.1) is 6.92 Å². The maximum atomic E-state index is 12.7. The summed E-state index contributed by atoms with van der Waals surface area (Å²) in [5.41, 5.74) is 1.53. The van der Waals surface area contributed by atoms with Crippen LogP contribution >= 0.6 is 11.3 Å². The molecular formula is C18H20N4O3S. The molecule has 26 heavy (non-hydrogen) atoms. The number of ether oxygens (including phenoxy) is 1. The van der Waals surface area contributed by atoms with Crippen LogP contribution in [0.5, 0.6) is 0 Å². The van der Waals surface area contributed by atoms with Crippen molar-refractivity contribution in [3.63, 3.8) is 0 Å². The minimum Gasteiger partial charge on any atom is -0.380 e. The lowest BCUT2D eigenvalue weighted by Crippen LogP contribution is -2.35. The number of hydrogen-bond donors (Lipinski definition) is 1. The summed E-state index contributed by atoms with van der Waals surface area (Å²) in [5.74, 6) is -0.287. The van der Waals surface area contributed by atoms with E-state index < -0.39 is 0 Å². The Labute approximate surface area is 154 Å². The molecule has 7 nitrogen and oxygen atoms in total. The Morgan fingerprint density at radius 1 is 1.31 bits per heavy atom. The number of nitrogens with one attached hydrogen (secondary N) is 1. The Morgan fingerprint density at radius 3 is 2.81 bits per heavy atom. The van der Waals surface area contributed by atoms with Gasteiger partial charge in [-0.2, -0.15) is 5.10 Å². The summed E-state index contributed by atoms with van der Waals surface area (Å²) in [6.07, 6.45) is 0. The molecule has 0 saturated heterocycles. The largest absolute Gasteiger partial charge is 0.380 e. The van der Waals surface area contributed by atoms with E-state index in [0.29, 0.717) is 31.0 Å². The number of fused-ring (bicyclic) bond motifs is 1. The van der Waals surface area contributed by atoms with E-state index in [1.54, 1.807) is 0 Å². The Morgan fingerprint density at radius 2 is 2.08 bits per heavy atom. The molecule has 1 aromatic carbocycles. The molecule has 2 heterocycles. The number of benzene rings is 1. The van der Waals surface area contributed by atoms with Crippen molar-refractivity contribution in [3.05, 3.63) is 45.7 Å². The van der Waals surface area contributed by atoms with Crippen LogP contribution in [-0.2, 0) is 16.1 Å². The highest BCUT2D eigenvalue weighted by atomic mass is 32.1. The molecule has 0 fully saturated rings. The van der Waals surface area contributed by atoms with E-state index in [2.05, 4.69) is 15.4 Å². The maximum Gasteiger partial charge on any atom is 0.294 e. The summed E-state index contributed by atoms with van der Waals surface area (Å²) in [6, 6.07) is 9.58. The monoisotopic (exact) mass is 372 g/mol. The van der Waals surface area contributed by atoms with Crippen LogP contribution in [0.3, 0.4) is 0 Å². The van der Waals surface area contributed by atoms with Gasteiger partial charge in [-0.05, 0) is 13.8 Å². The number of aryl methyl sites for hydroxylation is 1. The van der Waals surface area contributed by atoms with Gasteiger partial charge in [0.05, 0.1) is 16.3 Å². The van der Waals surface area contributed by atoms with Crippen molar-refractivity contribution in [2.24, 2.45) is 0 Å². The molecule has 0 saturated carbocycles. The number of hydrogen-bond acceptors (Lipinski definition) is 6. The maximum absolute atomic E-state index is 12.7. The van der Waals surface area contributed by atoms with E-state index in [-0.39, 0.29) is 18.0 Å². The molecule has 0 aliphatic heterocycles. The fourth-order valence-electron chi connectivity index (χ4n) is 2.56. The van der Waals surface area contributed by atoms with Crippen molar-refractivity contribution in [3.8, 4) is 11.3 Å².